The third kappa shape index (κ3) is 4.30. The zero-order valence-electron chi connectivity index (χ0n) is 18.0. The van der Waals surface area contributed by atoms with E-state index in [2.05, 4.69) is 49.4 Å². The van der Waals surface area contributed by atoms with Gasteiger partial charge in [0.15, 0.2) is 0 Å². The molecule has 0 amide bonds. The van der Waals surface area contributed by atoms with Crippen molar-refractivity contribution in [3.63, 3.8) is 0 Å². The molecule has 2 unspecified atom stereocenters. The van der Waals surface area contributed by atoms with E-state index in [1.165, 1.54) is 31.5 Å². The highest BCUT2D eigenvalue weighted by Gasteiger charge is 2.35. The van der Waals surface area contributed by atoms with Crippen LogP contribution in [0.1, 0.15) is 31.7 Å². The number of likely N-dealkylation sites (tertiary alicyclic amines) is 1. The largest absolute Gasteiger partial charge is 0.484 e. The Balaban J connectivity index is 1.37. The van der Waals surface area contributed by atoms with Crippen LogP contribution in [-0.2, 0) is 6.54 Å². The molecule has 1 saturated heterocycles. The minimum atomic E-state index is 0.222. The third-order valence-electron chi connectivity index (χ3n) is 6.52. The summed E-state index contributed by atoms with van der Waals surface area (Å²) in [6.07, 6.45) is 3.71. The maximum Gasteiger partial charge on any atom is 0.148 e. The van der Waals surface area contributed by atoms with Crippen molar-refractivity contribution in [2.45, 2.75) is 38.8 Å². The van der Waals surface area contributed by atoms with E-state index in [-0.39, 0.29) is 6.10 Å². The molecule has 31 heavy (non-hydrogen) atoms. The third-order valence-corrected chi connectivity index (χ3v) is 6.75. The van der Waals surface area contributed by atoms with Crippen LogP contribution in [0.25, 0.3) is 21.9 Å². The van der Waals surface area contributed by atoms with Crippen LogP contribution in [0.3, 0.4) is 0 Å². The predicted octanol–water partition coefficient (Wildman–Crippen LogP) is 7.21. The summed E-state index contributed by atoms with van der Waals surface area (Å²) in [5.41, 5.74) is 3.09. The van der Waals surface area contributed by atoms with Gasteiger partial charge in [0.25, 0.3) is 0 Å². The maximum atomic E-state index is 6.52. The Hall–Kier alpha value is -2.49. The van der Waals surface area contributed by atoms with E-state index in [1.807, 2.05) is 24.3 Å². The summed E-state index contributed by atoms with van der Waals surface area (Å²) in [4.78, 5) is 0. The molecule has 4 aromatic rings. The fraction of sp³-hybridized carbons (Fsp3) is 0.333. The highest BCUT2D eigenvalue weighted by atomic mass is 35.5. The number of fused-ring (bicyclic) bond motifs is 3. The number of halogens is 1. The van der Waals surface area contributed by atoms with Gasteiger partial charge in [0.05, 0.1) is 13.1 Å². The average Bonchev–Trinajstić information content (AvgIpc) is 3.11. The molecule has 160 valence electrons. The summed E-state index contributed by atoms with van der Waals surface area (Å²) >= 11 is 6.13. The summed E-state index contributed by atoms with van der Waals surface area (Å²) in [5.74, 6) is 0.888. The summed E-state index contributed by atoms with van der Waals surface area (Å²) < 4.78 is 13.7. The van der Waals surface area contributed by atoms with Crippen LogP contribution >= 0.6 is 11.6 Å². The molecule has 1 aromatic heterocycles. The number of hydrogen-bond acceptors (Lipinski definition) is 2. The van der Waals surface area contributed by atoms with Crippen molar-refractivity contribution in [2.24, 2.45) is 0 Å². The van der Waals surface area contributed by atoms with Gasteiger partial charge in [-0.1, -0.05) is 48.9 Å². The number of piperidine rings is 1. The number of rotatable bonds is 6. The van der Waals surface area contributed by atoms with Crippen molar-refractivity contribution in [1.29, 1.82) is 0 Å². The molecule has 0 aliphatic carbocycles. The second kappa shape index (κ2) is 8.57. The van der Waals surface area contributed by atoms with Crippen LogP contribution in [0.4, 0.5) is 0 Å². The van der Waals surface area contributed by atoms with Crippen LogP contribution in [0.2, 0.25) is 5.02 Å². The van der Waals surface area contributed by atoms with Gasteiger partial charge < -0.3 is 13.6 Å². The molecule has 4 heteroatoms. The highest BCUT2D eigenvalue weighted by Crippen LogP contribution is 2.34. The minimum absolute atomic E-state index is 0.222. The van der Waals surface area contributed by atoms with Crippen molar-refractivity contribution in [3.05, 3.63) is 77.3 Å². The molecule has 1 aliphatic rings. The first-order valence-corrected chi connectivity index (χ1v) is 11.7. The Labute approximate surface area is 188 Å². The van der Waals surface area contributed by atoms with E-state index in [9.17, 15) is 0 Å². The lowest BCUT2D eigenvalue weighted by atomic mass is 10.0. The van der Waals surface area contributed by atoms with Gasteiger partial charge in [-0.15, -0.1) is 0 Å². The topological polar surface area (TPSA) is 22.4 Å². The molecule has 2 heterocycles. The zero-order valence-corrected chi connectivity index (χ0v) is 18.8. The van der Waals surface area contributed by atoms with Gasteiger partial charge >= 0.3 is 0 Å². The SMILES string of the molecule is CCC[N+]1(Cc2ccccc2)CCCC(Oc2ccc3c(c2)oc2cc(Cl)ccc23)C1. The average molecular weight is 435 g/mol. The summed E-state index contributed by atoms with van der Waals surface area (Å²) in [6.45, 7) is 6.84. The molecule has 0 N–H and O–H groups in total. The molecule has 1 aliphatic heterocycles. The highest BCUT2D eigenvalue weighted by molar-refractivity contribution is 6.31. The van der Waals surface area contributed by atoms with E-state index in [1.54, 1.807) is 0 Å². The fourth-order valence-corrected chi connectivity index (χ4v) is 5.39. The molecule has 1 fully saturated rings. The Kier molecular flexibility index (Phi) is 5.64. The van der Waals surface area contributed by atoms with Crippen molar-refractivity contribution in [1.82, 2.24) is 0 Å². The molecule has 0 saturated carbocycles. The predicted molar refractivity (Wildman–Crippen MR) is 128 cm³/mol. The number of ether oxygens (including phenoxy) is 1. The Morgan fingerprint density at radius 1 is 1.00 bits per heavy atom. The summed E-state index contributed by atoms with van der Waals surface area (Å²) in [6, 6.07) is 22.9. The van der Waals surface area contributed by atoms with Gasteiger partial charge in [-0.05, 0) is 37.1 Å². The van der Waals surface area contributed by atoms with Gasteiger partial charge in [-0.2, -0.15) is 0 Å². The van der Waals surface area contributed by atoms with E-state index < -0.39 is 0 Å². The van der Waals surface area contributed by atoms with Crippen molar-refractivity contribution in [3.8, 4) is 5.75 Å². The molecular weight excluding hydrogens is 406 g/mol. The van der Waals surface area contributed by atoms with E-state index >= 15 is 0 Å². The second-order valence-electron chi connectivity index (χ2n) is 8.90. The molecular formula is C27H29ClNO2+. The number of quaternary nitrogens is 1. The van der Waals surface area contributed by atoms with Crippen molar-refractivity contribution < 1.29 is 13.6 Å². The number of nitrogens with zero attached hydrogens (tertiary/aromatic N) is 1. The van der Waals surface area contributed by atoms with E-state index in [0.29, 0.717) is 5.02 Å². The molecule has 0 spiro atoms. The van der Waals surface area contributed by atoms with Gasteiger partial charge in [0, 0.05) is 39.9 Å². The van der Waals surface area contributed by atoms with Gasteiger partial charge in [-0.25, -0.2) is 0 Å². The lowest BCUT2D eigenvalue weighted by Gasteiger charge is -2.44. The van der Waals surface area contributed by atoms with Gasteiger partial charge in [0.1, 0.15) is 36.1 Å². The first-order chi connectivity index (χ1) is 15.1. The standard InChI is InChI=1S/C27H29ClNO2/c1-2-14-29(18-20-7-4-3-5-8-20)15-6-9-23(19-29)30-22-11-13-25-24-12-10-21(28)16-26(24)31-27(25)17-22/h3-5,7-8,10-13,16-17,23H,2,6,9,14-15,18-19H2,1H3/q+1. The lowest BCUT2D eigenvalue weighted by molar-refractivity contribution is -0.947. The Morgan fingerprint density at radius 2 is 1.77 bits per heavy atom. The minimum Gasteiger partial charge on any atom is -0.484 e. The summed E-state index contributed by atoms with van der Waals surface area (Å²) in [7, 11) is 0. The monoisotopic (exact) mass is 434 g/mol. The zero-order chi connectivity index (χ0) is 21.3. The van der Waals surface area contributed by atoms with Crippen molar-refractivity contribution in [2.75, 3.05) is 19.6 Å². The fourth-order valence-electron chi connectivity index (χ4n) is 5.23. The van der Waals surface area contributed by atoms with Gasteiger partial charge in [0.2, 0.25) is 0 Å². The lowest BCUT2D eigenvalue weighted by Crippen LogP contribution is -2.56. The summed E-state index contributed by atoms with van der Waals surface area (Å²) in [5, 5.41) is 2.88. The van der Waals surface area contributed by atoms with E-state index in [4.69, 9.17) is 20.8 Å². The normalized spacial score (nSPS) is 21.5. The molecule has 0 radical (unpaired) electrons. The smallest absolute Gasteiger partial charge is 0.148 e. The molecule has 3 aromatic carbocycles. The molecule has 2 atom stereocenters. The number of hydrogen-bond donors (Lipinski definition) is 0. The molecule has 5 rings (SSSR count). The van der Waals surface area contributed by atoms with Crippen LogP contribution in [0, 0.1) is 0 Å². The van der Waals surface area contributed by atoms with Crippen LogP contribution in [-0.4, -0.2) is 30.2 Å². The number of furan rings is 1. The maximum absolute atomic E-state index is 6.52. The molecule has 0 bridgehead atoms. The van der Waals surface area contributed by atoms with E-state index in [0.717, 1.165) is 51.7 Å². The van der Waals surface area contributed by atoms with Crippen molar-refractivity contribution >= 4 is 33.5 Å². The van der Waals surface area contributed by atoms with Crippen LogP contribution in [0.15, 0.2) is 71.1 Å². The number of benzene rings is 3. The van der Waals surface area contributed by atoms with Crippen LogP contribution in [0.5, 0.6) is 5.75 Å². The second-order valence-corrected chi connectivity index (χ2v) is 9.33. The first kappa shape index (κ1) is 20.4. The van der Waals surface area contributed by atoms with Gasteiger partial charge in [-0.3, -0.25) is 0 Å². The first-order valence-electron chi connectivity index (χ1n) is 11.3. The quantitative estimate of drug-likeness (QED) is 0.299. The van der Waals surface area contributed by atoms with Crippen LogP contribution < -0.4 is 4.74 Å². The Bertz CT molecular complexity index is 1180. The Morgan fingerprint density at radius 3 is 2.58 bits per heavy atom. The molecule has 3 nitrogen and oxygen atoms in total.